The third-order valence-electron chi connectivity index (χ3n) is 4.20. The van der Waals surface area contributed by atoms with Gasteiger partial charge in [0.1, 0.15) is 0 Å². The summed E-state index contributed by atoms with van der Waals surface area (Å²) in [5.74, 6) is 0. The molecule has 1 aliphatic rings. The molecule has 1 unspecified atom stereocenters. The van der Waals surface area contributed by atoms with E-state index in [1.54, 1.807) is 0 Å². The second-order valence-electron chi connectivity index (χ2n) is 6.01. The average Bonchev–Trinajstić information content (AvgIpc) is 2.98. The fraction of sp³-hybridized carbons (Fsp3) is 0.667. The van der Waals surface area contributed by atoms with Crippen molar-refractivity contribution in [3.05, 3.63) is 35.4 Å². The predicted molar refractivity (Wildman–Crippen MR) is 87.1 cm³/mol. The Balaban J connectivity index is 1.99. The molecule has 1 fully saturated rings. The first-order valence-corrected chi connectivity index (χ1v) is 8.38. The molecule has 2 nitrogen and oxygen atoms in total. The third kappa shape index (κ3) is 4.60. The molecule has 2 heteroatoms. The second-order valence-corrected chi connectivity index (χ2v) is 6.01. The molecule has 1 aromatic rings. The molecule has 20 heavy (non-hydrogen) atoms. The second kappa shape index (κ2) is 8.43. The molecule has 0 aliphatic carbocycles. The first-order valence-electron chi connectivity index (χ1n) is 8.38. The van der Waals surface area contributed by atoms with Crippen molar-refractivity contribution in [1.29, 1.82) is 0 Å². The molecule has 1 aromatic carbocycles. The molecule has 112 valence electrons. The summed E-state index contributed by atoms with van der Waals surface area (Å²) in [5, 5.41) is 3.72. The Hall–Kier alpha value is -0.860. The number of likely N-dealkylation sites (tertiary alicyclic amines) is 1. The van der Waals surface area contributed by atoms with Crippen molar-refractivity contribution in [3.63, 3.8) is 0 Å². The summed E-state index contributed by atoms with van der Waals surface area (Å²) in [6.45, 7) is 9.30. The lowest BCUT2D eigenvalue weighted by molar-refractivity contribution is 0.292. The number of hydrogen-bond donors (Lipinski definition) is 1. The standard InChI is InChI=1S/C18H30N2/c1-3-7-16-8-10-17(11-9-16)18(19-12-4-2)15-20-13-5-6-14-20/h8-11,18-19H,3-7,12-15H2,1-2H3. The van der Waals surface area contributed by atoms with Crippen molar-refractivity contribution in [2.24, 2.45) is 0 Å². The van der Waals surface area contributed by atoms with E-state index >= 15 is 0 Å². The Kier molecular flexibility index (Phi) is 6.55. The van der Waals surface area contributed by atoms with Gasteiger partial charge in [0.2, 0.25) is 0 Å². The smallest absolute Gasteiger partial charge is 0.0449 e. The van der Waals surface area contributed by atoms with Gasteiger partial charge in [-0.15, -0.1) is 0 Å². The lowest BCUT2D eigenvalue weighted by Gasteiger charge is -2.25. The first kappa shape index (κ1) is 15.5. The van der Waals surface area contributed by atoms with Crippen molar-refractivity contribution in [2.75, 3.05) is 26.2 Å². The summed E-state index contributed by atoms with van der Waals surface area (Å²) in [6, 6.07) is 9.76. The van der Waals surface area contributed by atoms with Crippen LogP contribution >= 0.6 is 0 Å². The van der Waals surface area contributed by atoms with Gasteiger partial charge in [0.25, 0.3) is 0 Å². The third-order valence-corrected chi connectivity index (χ3v) is 4.20. The topological polar surface area (TPSA) is 15.3 Å². The molecular weight excluding hydrogens is 244 g/mol. The van der Waals surface area contributed by atoms with E-state index < -0.39 is 0 Å². The van der Waals surface area contributed by atoms with Gasteiger partial charge in [-0.25, -0.2) is 0 Å². The number of aryl methyl sites for hydroxylation is 1. The normalized spacial score (nSPS) is 17.5. The van der Waals surface area contributed by atoms with Gasteiger partial charge in [0.15, 0.2) is 0 Å². The molecule has 1 N–H and O–H groups in total. The van der Waals surface area contributed by atoms with Crippen molar-refractivity contribution in [1.82, 2.24) is 10.2 Å². The van der Waals surface area contributed by atoms with Crippen molar-refractivity contribution in [3.8, 4) is 0 Å². The Morgan fingerprint density at radius 2 is 1.75 bits per heavy atom. The molecule has 1 saturated heterocycles. The van der Waals surface area contributed by atoms with Crippen LogP contribution in [0.25, 0.3) is 0 Å². The van der Waals surface area contributed by atoms with E-state index in [0.29, 0.717) is 6.04 Å². The summed E-state index contributed by atoms with van der Waals surface area (Å²) < 4.78 is 0. The average molecular weight is 274 g/mol. The quantitative estimate of drug-likeness (QED) is 0.776. The van der Waals surface area contributed by atoms with E-state index in [2.05, 4.69) is 48.3 Å². The SMILES string of the molecule is CCCNC(CN1CCCC1)c1ccc(CCC)cc1. The van der Waals surface area contributed by atoms with Crippen LogP contribution in [-0.4, -0.2) is 31.1 Å². The number of nitrogens with one attached hydrogen (secondary N) is 1. The molecule has 2 rings (SSSR count). The molecular formula is C18H30N2. The minimum absolute atomic E-state index is 0.490. The van der Waals surface area contributed by atoms with Gasteiger partial charge in [-0.3, -0.25) is 0 Å². The maximum absolute atomic E-state index is 3.72. The predicted octanol–water partition coefficient (Wildman–Crippen LogP) is 3.78. The number of nitrogens with zero attached hydrogens (tertiary/aromatic N) is 1. The minimum atomic E-state index is 0.490. The summed E-state index contributed by atoms with van der Waals surface area (Å²) in [4.78, 5) is 2.60. The summed E-state index contributed by atoms with van der Waals surface area (Å²) in [5.41, 5.74) is 2.91. The van der Waals surface area contributed by atoms with Crippen LogP contribution in [0.2, 0.25) is 0 Å². The van der Waals surface area contributed by atoms with Gasteiger partial charge in [-0.2, -0.15) is 0 Å². The van der Waals surface area contributed by atoms with E-state index in [9.17, 15) is 0 Å². The van der Waals surface area contributed by atoms with Crippen LogP contribution in [0.1, 0.15) is 56.7 Å². The van der Waals surface area contributed by atoms with E-state index in [4.69, 9.17) is 0 Å². The van der Waals surface area contributed by atoms with Gasteiger partial charge in [-0.05, 0) is 56.4 Å². The highest BCUT2D eigenvalue weighted by atomic mass is 15.2. The molecule has 0 amide bonds. The van der Waals surface area contributed by atoms with E-state index in [0.717, 1.165) is 13.1 Å². The van der Waals surface area contributed by atoms with Gasteiger partial charge in [-0.1, -0.05) is 44.5 Å². The van der Waals surface area contributed by atoms with Gasteiger partial charge in [0.05, 0.1) is 0 Å². The molecule has 0 radical (unpaired) electrons. The maximum Gasteiger partial charge on any atom is 0.0449 e. The van der Waals surface area contributed by atoms with Crippen LogP contribution in [0.4, 0.5) is 0 Å². The van der Waals surface area contributed by atoms with Gasteiger partial charge < -0.3 is 10.2 Å². The number of hydrogen-bond acceptors (Lipinski definition) is 2. The van der Waals surface area contributed by atoms with Crippen LogP contribution in [0.3, 0.4) is 0 Å². The minimum Gasteiger partial charge on any atom is -0.309 e. The zero-order valence-electron chi connectivity index (χ0n) is 13.2. The van der Waals surface area contributed by atoms with Gasteiger partial charge >= 0.3 is 0 Å². The fourth-order valence-electron chi connectivity index (χ4n) is 3.04. The Morgan fingerprint density at radius 1 is 1.05 bits per heavy atom. The Bertz CT molecular complexity index is 366. The zero-order chi connectivity index (χ0) is 14.2. The highest BCUT2D eigenvalue weighted by Gasteiger charge is 2.18. The van der Waals surface area contributed by atoms with Crippen molar-refractivity contribution >= 4 is 0 Å². The van der Waals surface area contributed by atoms with Crippen LogP contribution in [0.15, 0.2) is 24.3 Å². The lowest BCUT2D eigenvalue weighted by atomic mass is 10.0. The number of rotatable bonds is 8. The van der Waals surface area contributed by atoms with Crippen LogP contribution in [0, 0.1) is 0 Å². The monoisotopic (exact) mass is 274 g/mol. The highest BCUT2D eigenvalue weighted by Crippen LogP contribution is 2.19. The molecule has 0 spiro atoms. The molecule has 0 saturated carbocycles. The molecule has 0 aromatic heterocycles. The Labute approximate surface area is 124 Å². The molecule has 0 bridgehead atoms. The number of benzene rings is 1. The van der Waals surface area contributed by atoms with E-state index in [1.807, 2.05) is 0 Å². The van der Waals surface area contributed by atoms with Crippen LogP contribution in [-0.2, 0) is 6.42 Å². The van der Waals surface area contributed by atoms with E-state index in [1.165, 1.54) is 56.3 Å². The van der Waals surface area contributed by atoms with Crippen LogP contribution < -0.4 is 5.32 Å². The van der Waals surface area contributed by atoms with Crippen molar-refractivity contribution in [2.45, 2.75) is 52.0 Å². The summed E-state index contributed by atoms with van der Waals surface area (Å²) in [7, 11) is 0. The lowest BCUT2D eigenvalue weighted by Crippen LogP contribution is -2.34. The zero-order valence-corrected chi connectivity index (χ0v) is 13.2. The maximum atomic E-state index is 3.72. The summed E-state index contributed by atoms with van der Waals surface area (Å²) in [6.07, 6.45) is 6.36. The molecule has 1 atom stereocenters. The largest absolute Gasteiger partial charge is 0.309 e. The molecule has 1 heterocycles. The molecule has 1 aliphatic heterocycles. The highest BCUT2D eigenvalue weighted by molar-refractivity contribution is 5.25. The van der Waals surface area contributed by atoms with Gasteiger partial charge in [0, 0.05) is 12.6 Å². The van der Waals surface area contributed by atoms with Crippen molar-refractivity contribution < 1.29 is 0 Å². The first-order chi connectivity index (χ1) is 9.83. The Morgan fingerprint density at radius 3 is 2.35 bits per heavy atom. The summed E-state index contributed by atoms with van der Waals surface area (Å²) >= 11 is 0. The van der Waals surface area contributed by atoms with E-state index in [-0.39, 0.29) is 0 Å². The van der Waals surface area contributed by atoms with Crippen LogP contribution in [0.5, 0.6) is 0 Å². The fourth-order valence-corrected chi connectivity index (χ4v) is 3.04.